The predicted molar refractivity (Wildman–Crippen MR) is 67.2 cm³/mol. The highest BCUT2D eigenvalue weighted by molar-refractivity contribution is 6.70. The molecule has 0 amide bonds. The van der Waals surface area contributed by atoms with E-state index in [1.165, 1.54) is 24.1 Å². The van der Waals surface area contributed by atoms with E-state index in [0.717, 1.165) is 12.3 Å². The van der Waals surface area contributed by atoms with Crippen molar-refractivity contribution in [3.05, 3.63) is 23.8 Å². The summed E-state index contributed by atoms with van der Waals surface area (Å²) in [6.07, 6.45) is 2.43. The van der Waals surface area contributed by atoms with Crippen LogP contribution in [0.15, 0.2) is 18.2 Å². The van der Waals surface area contributed by atoms with Gasteiger partial charge in [-0.15, -0.1) is 0 Å². The Morgan fingerprint density at radius 2 is 2.07 bits per heavy atom. The minimum Gasteiger partial charge on any atom is -0.544 e. The second-order valence-corrected chi connectivity index (χ2v) is 9.49. The van der Waals surface area contributed by atoms with E-state index >= 15 is 0 Å². The van der Waals surface area contributed by atoms with Crippen LogP contribution < -0.4 is 9.74 Å². The fourth-order valence-electron chi connectivity index (χ4n) is 1.86. The SMILES string of the molecule is C[Si](C)(C)Oc1ccc2c(c1)NCCC2. The standard InChI is InChI=1S/C12H19NOSi/c1-15(2,3)14-11-7-6-10-5-4-8-13-12(10)9-11/h6-7,9,13H,4-5,8H2,1-3H3. The van der Waals surface area contributed by atoms with E-state index < -0.39 is 8.32 Å². The van der Waals surface area contributed by atoms with Crippen molar-refractivity contribution < 1.29 is 4.43 Å². The van der Waals surface area contributed by atoms with Crippen LogP contribution in [0.1, 0.15) is 12.0 Å². The predicted octanol–water partition coefficient (Wildman–Crippen LogP) is 3.26. The first-order valence-electron chi connectivity index (χ1n) is 5.60. The summed E-state index contributed by atoms with van der Waals surface area (Å²) in [7, 11) is -1.47. The van der Waals surface area contributed by atoms with Crippen LogP contribution in [-0.4, -0.2) is 14.9 Å². The van der Waals surface area contributed by atoms with Crippen LogP contribution in [-0.2, 0) is 6.42 Å². The van der Waals surface area contributed by atoms with Crippen LogP contribution in [0.3, 0.4) is 0 Å². The lowest BCUT2D eigenvalue weighted by atomic mass is 10.0. The molecule has 0 aliphatic carbocycles. The lowest BCUT2D eigenvalue weighted by molar-refractivity contribution is 0.557. The first-order valence-corrected chi connectivity index (χ1v) is 9.01. The summed E-state index contributed by atoms with van der Waals surface area (Å²) in [6, 6.07) is 6.44. The van der Waals surface area contributed by atoms with Crippen molar-refractivity contribution in [3.8, 4) is 5.75 Å². The van der Waals surface area contributed by atoms with Crippen LogP contribution in [0.25, 0.3) is 0 Å². The van der Waals surface area contributed by atoms with Gasteiger partial charge in [0.05, 0.1) is 0 Å². The van der Waals surface area contributed by atoms with E-state index in [4.69, 9.17) is 4.43 Å². The number of nitrogens with one attached hydrogen (secondary N) is 1. The Labute approximate surface area is 92.8 Å². The number of hydrogen-bond acceptors (Lipinski definition) is 2. The largest absolute Gasteiger partial charge is 0.544 e. The monoisotopic (exact) mass is 221 g/mol. The molecule has 0 fully saturated rings. The molecule has 2 nitrogen and oxygen atoms in total. The van der Waals surface area contributed by atoms with Gasteiger partial charge in [0.2, 0.25) is 8.32 Å². The Morgan fingerprint density at radius 1 is 1.27 bits per heavy atom. The summed E-state index contributed by atoms with van der Waals surface area (Å²) < 4.78 is 5.97. The first-order chi connectivity index (χ1) is 7.04. The van der Waals surface area contributed by atoms with Gasteiger partial charge in [-0.3, -0.25) is 0 Å². The molecule has 0 atom stereocenters. The van der Waals surface area contributed by atoms with Gasteiger partial charge in [-0.2, -0.15) is 0 Å². The average molecular weight is 221 g/mol. The molecule has 0 bridgehead atoms. The van der Waals surface area contributed by atoms with Gasteiger partial charge >= 0.3 is 0 Å². The molecule has 0 aromatic heterocycles. The van der Waals surface area contributed by atoms with Gasteiger partial charge in [0.25, 0.3) is 0 Å². The maximum absolute atomic E-state index is 5.97. The molecule has 1 aliphatic heterocycles. The molecule has 0 radical (unpaired) electrons. The normalized spacial score (nSPS) is 15.4. The Hall–Kier alpha value is -0.963. The highest BCUT2D eigenvalue weighted by Gasteiger charge is 2.17. The van der Waals surface area contributed by atoms with E-state index in [-0.39, 0.29) is 0 Å². The smallest absolute Gasteiger partial charge is 0.242 e. The van der Waals surface area contributed by atoms with Crippen LogP contribution in [0.4, 0.5) is 5.69 Å². The van der Waals surface area contributed by atoms with Gasteiger partial charge in [0.15, 0.2) is 0 Å². The number of benzene rings is 1. The summed E-state index contributed by atoms with van der Waals surface area (Å²) in [5, 5.41) is 3.42. The molecule has 0 unspecified atom stereocenters. The molecule has 1 N–H and O–H groups in total. The van der Waals surface area contributed by atoms with E-state index in [0.29, 0.717) is 0 Å². The second-order valence-electron chi connectivity index (χ2n) is 5.06. The minimum absolute atomic E-state index is 1.02. The Balaban J connectivity index is 2.21. The molecular weight excluding hydrogens is 202 g/mol. The maximum atomic E-state index is 5.97. The summed E-state index contributed by atoms with van der Waals surface area (Å²) in [4.78, 5) is 0. The zero-order valence-electron chi connectivity index (χ0n) is 9.76. The molecule has 2 rings (SSSR count). The van der Waals surface area contributed by atoms with Gasteiger partial charge in [-0.25, -0.2) is 0 Å². The van der Waals surface area contributed by atoms with Crippen LogP contribution in [0, 0.1) is 0 Å². The molecular formula is C12H19NOSi. The Bertz CT molecular complexity index is 357. The Kier molecular flexibility index (Phi) is 2.74. The fourth-order valence-corrected chi connectivity index (χ4v) is 2.69. The molecule has 0 saturated heterocycles. The summed E-state index contributed by atoms with van der Waals surface area (Å²) in [5.74, 6) is 1.02. The fraction of sp³-hybridized carbons (Fsp3) is 0.500. The maximum Gasteiger partial charge on any atom is 0.242 e. The van der Waals surface area contributed by atoms with Crippen molar-refractivity contribution in [2.75, 3.05) is 11.9 Å². The summed E-state index contributed by atoms with van der Waals surface area (Å²) in [6.45, 7) is 7.71. The van der Waals surface area contributed by atoms with E-state index in [1.807, 2.05) is 0 Å². The lowest BCUT2D eigenvalue weighted by Gasteiger charge is -2.23. The number of hydrogen-bond donors (Lipinski definition) is 1. The van der Waals surface area contributed by atoms with Crippen molar-refractivity contribution >= 4 is 14.0 Å². The van der Waals surface area contributed by atoms with Crippen molar-refractivity contribution in [1.82, 2.24) is 0 Å². The molecule has 15 heavy (non-hydrogen) atoms. The third kappa shape index (κ3) is 2.75. The van der Waals surface area contributed by atoms with Gasteiger partial charge < -0.3 is 9.74 Å². The van der Waals surface area contributed by atoms with Gasteiger partial charge in [-0.05, 0) is 44.1 Å². The summed E-state index contributed by atoms with van der Waals surface area (Å²) in [5.41, 5.74) is 2.68. The third-order valence-corrected chi connectivity index (χ3v) is 3.29. The highest BCUT2D eigenvalue weighted by atomic mass is 28.4. The number of rotatable bonds is 2. The van der Waals surface area contributed by atoms with Crippen molar-refractivity contribution in [3.63, 3.8) is 0 Å². The number of fused-ring (bicyclic) bond motifs is 1. The molecule has 0 saturated carbocycles. The quantitative estimate of drug-likeness (QED) is 0.774. The molecule has 1 aromatic rings. The zero-order chi connectivity index (χ0) is 10.9. The van der Waals surface area contributed by atoms with Crippen molar-refractivity contribution in [1.29, 1.82) is 0 Å². The third-order valence-electron chi connectivity index (χ3n) is 2.44. The van der Waals surface area contributed by atoms with Crippen molar-refractivity contribution in [2.45, 2.75) is 32.5 Å². The van der Waals surface area contributed by atoms with Crippen molar-refractivity contribution in [2.24, 2.45) is 0 Å². The van der Waals surface area contributed by atoms with E-state index in [1.54, 1.807) is 0 Å². The van der Waals surface area contributed by atoms with Crippen LogP contribution in [0.2, 0.25) is 19.6 Å². The van der Waals surface area contributed by atoms with E-state index in [2.05, 4.69) is 43.2 Å². The highest BCUT2D eigenvalue weighted by Crippen LogP contribution is 2.27. The molecule has 1 aliphatic rings. The number of anilines is 1. The topological polar surface area (TPSA) is 21.3 Å². The molecule has 82 valence electrons. The zero-order valence-corrected chi connectivity index (χ0v) is 10.8. The van der Waals surface area contributed by atoms with Gasteiger partial charge in [-0.1, -0.05) is 6.07 Å². The minimum atomic E-state index is -1.47. The van der Waals surface area contributed by atoms with Crippen LogP contribution >= 0.6 is 0 Å². The molecule has 0 spiro atoms. The van der Waals surface area contributed by atoms with Gasteiger partial charge in [0.1, 0.15) is 5.75 Å². The number of aryl methyl sites for hydroxylation is 1. The Morgan fingerprint density at radius 3 is 2.80 bits per heavy atom. The van der Waals surface area contributed by atoms with Crippen LogP contribution in [0.5, 0.6) is 5.75 Å². The van der Waals surface area contributed by atoms with E-state index in [9.17, 15) is 0 Å². The lowest BCUT2D eigenvalue weighted by Crippen LogP contribution is -2.29. The first kappa shape index (κ1) is 10.6. The molecule has 1 aromatic carbocycles. The average Bonchev–Trinajstić information content (AvgIpc) is 2.15. The second kappa shape index (κ2) is 3.89. The molecule has 3 heteroatoms. The van der Waals surface area contributed by atoms with Gasteiger partial charge in [0, 0.05) is 18.3 Å². The summed E-state index contributed by atoms with van der Waals surface area (Å²) >= 11 is 0. The molecule has 1 heterocycles.